The van der Waals surface area contributed by atoms with Crippen molar-refractivity contribution in [2.24, 2.45) is 0 Å². The molecule has 7 heteroatoms. The SMILES string of the molecule is O=C(NC(CO)c1ccc(Cl)c(F)c1)c1ccnc(F)c1. The van der Waals surface area contributed by atoms with E-state index in [4.69, 9.17) is 11.6 Å². The summed E-state index contributed by atoms with van der Waals surface area (Å²) in [6, 6.07) is 5.39. The minimum Gasteiger partial charge on any atom is -0.394 e. The van der Waals surface area contributed by atoms with E-state index in [1.807, 2.05) is 0 Å². The highest BCUT2D eigenvalue weighted by Crippen LogP contribution is 2.20. The maximum absolute atomic E-state index is 13.4. The van der Waals surface area contributed by atoms with E-state index in [0.29, 0.717) is 5.56 Å². The standard InChI is InChI=1S/C14H11ClF2N2O2/c15-10-2-1-8(5-11(10)16)12(7-20)19-14(21)9-3-4-18-13(17)6-9/h1-6,12,20H,7H2,(H,19,21). The van der Waals surface area contributed by atoms with Crippen molar-refractivity contribution in [2.45, 2.75) is 6.04 Å². The van der Waals surface area contributed by atoms with Crippen molar-refractivity contribution in [1.82, 2.24) is 10.3 Å². The second-order valence-electron chi connectivity index (χ2n) is 4.25. The molecule has 1 aromatic heterocycles. The van der Waals surface area contributed by atoms with Gasteiger partial charge in [0.1, 0.15) is 5.82 Å². The number of amides is 1. The number of nitrogens with one attached hydrogen (secondary N) is 1. The van der Waals surface area contributed by atoms with Crippen LogP contribution in [0.25, 0.3) is 0 Å². The molecule has 1 atom stereocenters. The van der Waals surface area contributed by atoms with Crippen molar-refractivity contribution in [3.63, 3.8) is 0 Å². The Bertz CT molecular complexity index is 667. The topological polar surface area (TPSA) is 62.2 Å². The molecule has 2 rings (SSSR count). The summed E-state index contributed by atoms with van der Waals surface area (Å²) < 4.78 is 26.4. The highest BCUT2D eigenvalue weighted by molar-refractivity contribution is 6.30. The molecule has 0 saturated heterocycles. The van der Waals surface area contributed by atoms with E-state index in [9.17, 15) is 18.7 Å². The molecule has 0 aliphatic heterocycles. The summed E-state index contributed by atoms with van der Waals surface area (Å²) in [7, 11) is 0. The smallest absolute Gasteiger partial charge is 0.252 e. The number of halogens is 3. The lowest BCUT2D eigenvalue weighted by Gasteiger charge is -2.17. The lowest BCUT2D eigenvalue weighted by Crippen LogP contribution is -2.31. The van der Waals surface area contributed by atoms with Crippen LogP contribution in [0.1, 0.15) is 22.0 Å². The van der Waals surface area contributed by atoms with Gasteiger partial charge in [-0.3, -0.25) is 4.79 Å². The van der Waals surface area contributed by atoms with Crippen LogP contribution in [0.2, 0.25) is 5.02 Å². The normalized spacial score (nSPS) is 12.0. The van der Waals surface area contributed by atoms with Gasteiger partial charge in [-0.15, -0.1) is 0 Å². The molecule has 0 radical (unpaired) electrons. The quantitative estimate of drug-likeness (QED) is 0.853. The first-order chi connectivity index (χ1) is 10.0. The highest BCUT2D eigenvalue weighted by Gasteiger charge is 2.16. The van der Waals surface area contributed by atoms with Crippen LogP contribution >= 0.6 is 11.6 Å². The van der Waals surface area contributed by atoms with E-state index in [1.54, 1.807) is 0 Å². The van der Waals surface area contributed by atoms with Gasteiger partial charge < -0.3 is 10.4 Å². The Kier molecular flexibility index (Phi) is 4.82. The van der Waals surface area contributed by atoms with Crippen LogP contribution in [0.15, 0.2) is 36.5 Å². The molecule has 0 saturated carbocycles. The van der Waals surface area contributed by atoms with Crippen molar-refractivity contribution in [3.8, 4) is 0 Å². The molecule has 0 fully saturated rings. The Morgan fingerprint density at radius 3 is 2.71 bits per heavy atom. The van der Waals surface area contributed by atoms with Gasteiger partial charge in [0, 0.05) is 17.8 Å². The second-order valence-corrected chi connectivity index (χ2v) is 4.66. The number of hydrogen-bond acceptors (Lipinski definition) is 3. The molecule has 1 amide bonds. The van der Waals surface area contributed by atoms with Crippen LogP contribution in [-0.4, -0.2) is 22.6 Å². The molecular weight excluding hydrogens is 302 g/mol. The summed E-state index contributed by atoms with van der Waals surface area (Å²) >= 11 is 5.57. The third-order valence-corrected chi connectivity index (χ3v) is 3.13. The fraction of sp³-hybridized carbons (Fsp3) is 0.143. The van der Waals surface area contributed by atoms with E-state index in [2.05, 4.69) is 10.3 Å². The molecule has 0 bridgehead atoms. The molecule has 2 aromatic rings. The molecule has 2 N–H and O–H groups in total. The van der Waals surface area contributed by atoms with Gasteiger partial charge in [0.25, 0.3) is 5.91 Å². The Morgan fingerprint density at radius 2 is 2.10 bits per heavy atom. The zero-order valence-corrected chi connectivity index (χ0v) is 11.4. The van der Waals surface area contributed by atoms with Crippen molar-refractivity contribution in [1.29, 1.82) is 0 Å². The van der Waals surface area contributed by atoms with Crippen molar-refractivity contribution >= 4 is 17.5 Å². The number of aliphatic hydroxyl groups is 1. The van der Waals surface area contributed by atoms with Crippen LogP contribution < -0.4 is 5.32 Å². The van der Waals surface area contributed by atoms with E-state index in [-0.39, 0.29) is 10.6 Å². The Morgan fingerprint density at radius 1 is 1.33 bits per heavy atom. The van der Waals surface area contributed by atoms with Crippen LogP contribution in [0, 0.1) is 11.8 Å². The van der Waals surface area contributed by atoms with Crippen molar-refractivity contribution in [3.05, 3.63) is 64.4 Å². The minimum absolute atomic E-state index is 0.0513. The van der Waals surface area contributed by atoms with Gasteiger partial charge in [0.2, 0.25) is 5.95 Å². The van der Waals surface area contributed by atoms with Gasteiger partial charge in [-0.25, -0.2) is 9.37 Å². The molecule has 0 aliphatic rings. The Balaban J connectivity index is 2.18. The predicted octanol–water partition coefficient (Wildman–Crippen LogP) is 2.48. The lowest BCUT2D eigenvalue weighted by molar-refractivity contribution is 0.0915. The van der Waals surface area contributed by atoms with Crippen LogP contribution in [-0.2, 0) is 0 Å². The minimum atomic E-state index is -0.833. The molecule has 4 nitrogen and oxygen atoms in total. The first-order valence-electron chi connectivity index (χ1n) is 5.99. The maximum atomic E-state index is 13.4. The number of carbonyl (C=O) groups excluding carboxylic acids is 1. The zero-order valence-electron chi connectivity index (χ0n) is 10.7. The maximum Gasteiger partial charge on any atom is 0.252 e. The zero-order chi connectivity index (χ0) is 15.4. The van der Waals surface area contributed by atoms with Crippen LogP contribution in [0.3, 0.4) is 0 Å². The summed E-state index contributed by atoms with van der Waals surface area (Å²) in [5, 5.41) is 11.8. The largest absolute Gasteiger partial charge is 0.394 e. The number of benzene rings is 1. The first kappa shape index (κ1) is 15.3. The van der Waals surface area contributed by atoms with Crippen LogP contribution in [0.4, 0.5) is 8.78 Å². The molecule has 0 spiro atoms. The Hall–Kier alpha value is -2.05. The second kappa shape index (κ2) is 6.60. The van der Waals surface area contributed by atoms with Crippen LogP contribution in [0.5, 0.6) is 0 Å². The van der Waals surface area contributed by atoms with Gasteiger partial charge in [-0.2, -0.15) is 4.39 Å². The fourth-order valence-corrected chi connectivity index (χ4v) is 1.87. The van der Waals surface area contributed by atoms with Gasteiger partial charge in [-0.1, -0.05) is 17.7 Å². The van der Waals surface area contributed by atoms with E-state index in [1.165, 1.54) is 18.2 Å². The van der Waals surface area contributed by atoms with E-state index >= 15 is 0 Å². The lowest BCUT2D eigenvalue weighted by atomic mass is 10.1. The highest BCUT2D eigenvalue weighted by atomic mass is 35.5. The van der Waals surface area contributed by atoms with Crippen molar-refractivity contribution in [2.75, 3.05) is 6.61 Å². The average molecular weight is 313 g/mol. The van der Waals surface area contributed by atoms with Gasteiger partial charge in [-0.05, 0) is 23.8 Å². The van der Waals surface area contributed by atoms with Gasteiger partial charge >= 0.3 is 0 Å². The summed E-state index contributed by atoms with van der Waals surface area (Å²) in [5.74, 6) is -2.05. The molecule has 21 heavy (non-hydrogen) atoms. The third kappa shape index (κ3) is 3.74. The van der Waals surface area contributed by atoms with E-state index < -0.39 is 30.3 Å². The van der Waals surface area contributed by atoms with E-state index in [0.717, 1.165) is 18.3 Å². The number of pyridine rings is 1. The molecule has 0 aliphatic carbocycles. The van der Waals surface area contributed by atoms with Gasteiger partial charge in [0.15, 0.2) is 0 Å². The summed E-state index contributed by atoms with van der Waals surface area (Å²) in [4.78, 5) is 15.3. The first-order valence-corrected chi connectivity index (χ1v) is 6.37. The molecule has 1 aromatic carbocycles. The number of aromatic nitrogens is 1. The number of rotatable bonds is 4. The number of nitrogens with zero attached hydrogens (tertiary/aromatic N) is 1. The monoisotopic (exact) mass is 312 g/mol. The summed E-state index contributed by atoms with van der Waals surface area (Å²) in [6.07, 6.45) is 1.15. The summed E-state index contributed by atoms with van der Waals surface area (Å²) in [5.41, 5.74) is 0.401. The molecular formula is C14H11ClF2N2O2. The number of hydrogen-bond donors (Lipinski definition) is 2. The molecule has 110 valence electrons. The fourth-order valence-electron chi connectivity index (χ4n) is 1.75. The Labute approximate surface area is 124 Å². The van der Waals surface area contributed by atoms with Gasteiger partial charge in [0.05, 0.1) is 17.7 Å². The molecule has 1 unspecified atom stereocenters. The number of carbonyl (C=O) groups is 1. The average Bonchev–Trinajstić information content (AvgIpc) is 2.47. The predicted molar refractivity (Wildman–Crippen MR) is 72.9 cm³/mol. The summed E-state index contributed by atoms with van der Waals surface area (Å²) in [6.45, 7) is -0.444. The molecule has 1 heterocycles. The van der Waals surface area contributed by atoms with Crippen molar-refractivity contribution < 1.29 is 18.7 Å². The third-order valence-electron chi connectivity index (χ3n) is 2.82. The number of aliphatic hydroxyl groups excluding tert-OH is 1.